The minimum atomic E-state index is 0.352. The zero-order chi connectivity index (χ0) is 16.9. The van der Waals surface area contributed by atoms with E-state index in [2.05, 4.69) is 20.9 Å². The smallest absolute Gasteiger partial charge is 0.220 e. The summed E-state index contributed by atoms with van der Waals surface area (Å²) >= 11 is 0. The van der Waals surface area contributed by atoms with Crippen molar-refractivity contribution >= 4 is 5.95 Å². The molecule has 0 unspecified atom stereocenters. The van der Waals surface area contributed by atoms with Crippen molar-refractivity contribution in [2.24, 2.45) is 0 Å². The van der Waals surface area contributed by atoms with Crippen LogP contribution < -0.4 is 15.2 Å². The number of nitrogens with zero attached hydrogens (tertiary/aromatic N) is 3. The Balaban J connectivity index is 1.77. The summed E-state index contributed by atoms with van der Waals surface area (Å²) in [6.07, 6.45) is 2.72. The van der Waals surface area contributed by atoms with Crippen LogP contribution in [0, 0.1) is 0 Å². The van der Waals surface area contributed by atoms with Gasteiger partial charge in [-0.05, 0) is 32.0 Å². The first-order valence-electron chi connectivity index (χ1n) is 8.40. The van der Waals surface area contributed by atoms with E-state index in [1.165, 1.54) is 0 Å². The second-order valence-electron chi connectivity index (χ2n) is 5.80. The van der Waals surface area contributed by atoms with Gasteiger partial charge in [0.15, 0.2) is 0 Å². The van der Waals surface area contributed by atoms with Crippen molar-refractivity contribution < 1.29 is 9.47 Å². The van der Waals surface area contributed by atoms with Crippen LogP contribution in [0.15, 0.2) is 24.4 Å². The number of ether oxygens (including phenoxy) is 2. The van der Waals surface area contributed by atoms with Crippen molar-refractivity contribution in [2.75, 3.05) is 25.5 Å². The van der Waals surface area contributed by atoms with Crippen LogP contribution in [-0.2, 0) is 19.5 Å². The molecule has 0 saturated heterocycles. The van der Waals surface area contributed by atoms with Gasteiger partial charge in [-0.3, -0.25) is 4.90 Å². The van der Waals surface area contributed by atoms with E-state index in [0.717, 1.165) is 54.4 Å². The molecule has 24 heavy (non-hydrogen) atoms. The van der Waals surface area contributed by atoms with Crippen LogP contribution >= 0.6 is 0 Å². The predicted molar refractivity (Wildman–Crippen MR) is 93.0 cm³/mol. The van der Waals surface area contributed by atoms with E-state index in [1.54, 1.807) is 0 Å². The minimum absolute atomic E-state index is 0.352. The molecule has 0 aliphatic carbocycles. The van der Waals surface area contributed by atoms with Crippen LogP contribution in [0.5, 0.6) is 11.5 Å². The lowest BCUT2D eigenvalue weighted by atomic mass is 10.1. The molecule has 6 heteroatoms. The Kier molecular flexibility index (Phi) is 5.15. The number of hydrogen-bond acceptors (Lipinski definition) is 6. The minimum Gasteiger partial charge on any atom is -0.494 e. The number of hydrogen-bond donors (Lipinski definition) is 1. The van der Waals surface area contributed by atoms with Crippen LogP contribution in [0.3, 0.4) is 0 Å². The number of fused-ring (bicyclic) bond motifs is 1. The highest BCUT2D eigenvalue weighted by Crippen LogP contribution is 2.27. The molecular formula is C18H24N4O2. The maximum atomic E-state index is 5.77. The van der Waals surface area contributed by atoms with E-state index in [1.807, 2.05) is 32.2 Å². The Morgan fingerprint density at radius 2 is 2.04 bits per heavy atom. The number of nitrogens with two attached hydrogens (primary N) is 1. The predicted octanol–water partition coefficient (Wildman–Crippen LogP) is 2.41. The first-order chi connectivity index (χ1) is 11.7. The lowest BCUT2D eigenvalue weighted by Gasteiger charge is -2.28. The fourth-order valence-corrected chi connectivity index (χ4v) is 3.00. The summed E-state index contributed by atoms with van der Waals surface area (Å²) in [4.78, 5) is 10.8. The first-order valence-corrected chi connectivity index (χ1v) is 8.40. The molecule has 2 N–H and O–H groups in total. The number of aromatic nitrogens is 2. The van der Waals surface area contributed by atoms with Crippen molar-refractivity contribution in [1.82, 2.24) is 14.9 Å². The fourth-order valence-electron chi connectivity index (χ4n) is 3.00. The molecule has 3 rings (SSSR count). The molecule has 0 atom stereocenters. The summed E-state index contributed by atoms with van der Waals surface area (Å²) in [6, 6.07) is 6.02. The van der Waals surface area contributed by atoms with E-state index < -0.39 is 0 Å². The van der Waals surface area contributed by atoms with E-state index in [9.17, 15) is 0 Å². The summed E-state index contributed by atoms with van der Waals surface area (Å²) in [6.45, 7) is 7.86. The molecule has 2 aromatic rings. The van der Waals surface area contributed by atoms with Gasteiger partial charge in [-0.15, -0.1) is 0 Å². The molecule has 0 amide bonds. The second kappa shape index (κ2) is 7.49. The van der Waals surface area contributed by atoms with Gasteiger partial charge < -0.3 is 15.2 Å². The summed E-state index contributed by atoms with van der Waals surface area (Å²) < 4.78 is 11.4. The van der Waals surface area contributed by atoms with Crippen LogP contribution in [-0.4, -0.2) is 34.6 Å². The average molecular weight is 328 g/mol. The van der Waals surface area contributed by atoms with Crippen molar-refractivity contribution in [3.05, 3.63) is 41.2 Å². The largest absolute Gasteiger partial charge is 0.494 e. The van der Waals surface area contributed by atoms with Crippen LogP contribution in [0.2, 0.25) is 0 Å². The van der Waals surface area contributed by atoms with E-state index in [4.69, 9.17) is 15.2 Å². The summed E-state index contributed by atoms with van der Waals surface area (Å²) in [5.74, 6) is 2.15. The lowest BCUT2D eigenvalue weighted by Crippen LogP contribution is -2.31. The summed E-state index contributed by atoms with van der Waals surface area (Å²) in [5.41, 5.74) is 9.02. The third kappa shape index (κ3) is 3.76. The van der Waals surface area contributed by atoms with Gasteiger partial charge in [-0.25, -0.2) is 9.97 Å². The molecule has 128 valence electrons. The Hall–Kier alpha value is -2.34. The average Bonchev–Trinajstić information content (AvgIpc) is 2.58. The van der Waals surface area contributed by atoms with Crippen LogP contribution in [0.25, 0.3) is 0 Å². The van der Waals surface area contributed by atoms with Gasteiger partial charge in [0.1, 0.15) is 11.5 Å². The normalized spacial score (nSPS) is 14.2. The van der Waals surface area contributed by atoms with Crippen LogP contribution in [0.1, 0.15) is 30.7 Å². The van der Waals surface area contributed by atoms with Gasteiger partial charge in [0, 0.05) is 43.4 Å². The Labute approximate surface area is 142 Å². The molecule has 0 bridgehead atoms. The maximum Gasteiger partial charge on any atom is 0.220 e. The molecular weight excluding hydrogens is 304 g/mol. The van der Waals surface area contributed by atoms with E-state index in [-0.39, 0.29) is 0 Å². The monoisotopic (exact) mass is 328 g/mol. The molecule has 0 fully saturated rings. The zero-order valence-electron chi connectivity index (χ0n) is 14.3. The number of anilines is 1. The summed E-state index contributed by atoms with van der Waals surface area (Å²) in [5, 5.41) is 0. The number of nitrogen functional groups attached to an aromatic ring is 1. The highest BCUT2D eigenvalue weighted by atomic mass is 16.5. The highest BCUT2D eigenvalue weighted by molar-refractivity contribution is 5.40. The van der Waals surface area contributed by atoms with Gasteiger partial charge in [-0.2, -0.15) is 0 Å². The van der Waals surface area contributed by atoms with Crippen LogP contribution in [0.4, 0.5) is 5.95 Å². The second-order valence-corrected chi connectivity index (χ2v) is 5.80. The highest BCUT2D eigenvalue weighted by Gasteiger charge is 2.19. The maximum absolute atomic E-state index is 5.77. The fraction of sp³-hybridized carbons (Fsp3) is 0.444. The molecule has 1 aliphatic heterocycles. The van der Waals surface area contributed by atoms with Crippen molar-refractivity contribution in [3.63, 3.8) is 0 Å². The molecule has 6 nitrogen and oxygen atoms in total. The molecule has 0 saturated carbocycles. The van der Waals surface area contributed by atoms with Gasteiger partial charge in [-0.1, -0.05) is 0 Å². The Morgan fingerprint density at radius 1 is 1.21 bits per heavy atom. The van der Waals surface area contributed by atoms with Crippen molar-refractivity contribution in [3.8, 4) is 11.5 Å². The third-order valence-electron chi connectivity index (χ3n) is 4.07. The van der Waals surface area contributed by atoms with E-state index >= 15 is 0 Å². The third-order valence-corrected chi connectivity index (χ3v) is 4.07. The van der Waals surface area contributed by atoms with E-state index in [0.29, 0.717) is 19.2 Å². The molecule has 1 aromatic heterocycles. The Morgan fingerprint density at radius 3 is 2.83 bits per heavy atom. The topological polar surface area (TPSA) is 73.5 Å². The molecule has 1 aromatic carbocycles. The quantitative estimate of drug-likeness (QED) is 0.878. The van der Waals surface area contributed by atoms with Crippen molar-refractivity contribution in [2.45, 2.75) is 33.4 Å². The molecule has 1 aliphatic rings. The number of benzene rings is 1. The van der Waals surface area contributed by atoms with Gasteiger partial charge in [0.25, 0.3) is 0 Å². The molecule has 2 heterocycles. The van der Waals surface area contributed by atoms with Gasteiger partial charge >= 0.3 is 0 Å². The zero-order valence-corrected chi connectivity index (χ0v) is 14.3. The SMILES string of the molecule is CCOc1ccc(OCC)c(CN2CCc3nc(N)ncc3C2)c1. The Bertz CT molecular complexity index is 705. The molecule has 0 spiro atoms. The lowest BCUT2D eigenvalue weighted by molar-refractivity contribution is 0.236. The van der Waals surface area contributed by atoms with Gasteiger partial charge in [0.05, 0.1) is 18.9 Å². The molecule has 0 radical (unpaired) electrons. The van der Waals surface area contributed by atoms with Gasteiger partial charge in [0.2, 0.25) is 5.95 Å². The summed E-state index contributed by atoms with van der Waals surface area (Å²) in [7, 11) is 0. The standard InChI is InChI=1S/C18H24N4O2/c1-3-23-15-5-6-17(24-4-2)13(9-15)11-22-8-7-16-14(12-22)10-20-18(19)21-16/h5-6,9-10H,3-4,7-8,11-12H2,1-2H3,(H2,19,20,21). The van der Waals surface area contributed by atoms with Crippen molar-refractivity contribution in [1.29, 1.82) is 0 Å². The number of rotatable bonds is 6. The first kappa shape index (κ1) is 16.5.